The van der Waals surface area contributed by atoms with E-state index in [2.05, 4.69) is 9.88 Å². The molecular weight excluding hydrogens is 354 g/mol. The lowest BCUT2D eigenvalue weighted by molar-refractivity contribution is -0.125. The Bertz CT molecular complexity index is 945. The van der Waals surface area contributed by atoms with Crippen LogP contribution in [0, 0.1) is 13.8 Å². The fourth-order valence-electron chi connectivity index (χ4n) is 3.40. The zero-order valence-corrected chi connectivity index (χ0v) is 16.9. The Labute approximate surface area is 165 Å². The molecule has 0 bridgehead atoms. The summed E-state index contributed by atoms with van der Waals surface area (Å²) < 4.78 is 13.1. The molecule has 1 aromatic heterocycles. The Morgan fingerprint density at radius 1 is 1.14 bits per heavy atom. The van der Waals surface area contributed by atoms with Gasteiger partial charge >= 0.3 is 0 Å². The fraction of sp³-hybridized carbons (Fsp3) is 0.364. The quantitative estimate of drug-likeness (QED) is 0.648. The number of para-hydroxylation sites is 3. The monoisotopic (exact) mass is 381 g/mol. The van der Waals surface area contributed by atoms with Gasteiger partial charge in [-0.25, -0.2) is 4.98 Å². The molecule has 0 aliphatic carbocycles. The minimum atomic E-state index is -0.241. The second-order valence-corrected chi connectivity index (χ2v) is 6.90. The van der Waals surface area contributed by atoms with Crippen LogP contribution in [0.5, 0.6) is 5.75 Å². The summed E-state index contributed by atoms with van der Waals surface area (Å²) in [7, 11) is 1.50. The van der Waals surface area contributed by atoms with E-state index in [1.807, 2.05) is 63.2 Å². The third-order valence-electron chi connectivity index (χ3n) is 4.69. The first-order valence-electron chi connectivity index (χ1n) is 9.43. The summed E-state index contributed by atoms with van der Waals surface area (Å²) in [6, 6.07) is 13.9. The van der Waals surface area contributed by atoms with Gasteiger partial charge in [0.2, 0.25) is 5.91 Å². The lowest BCUT2D eigenvalue weighted by Crippen LogP contribution is -2.31. The van der Waals surface area contributed by atoms with Gasteiger partial charge in [0, 0.05) is 7.11 Å². The number of aromatic nitrogens is 2. The van der Waals surface area contributed by atoms with Gasteiger partial charge in [0.05, 0.1) is 23.6 Å². The summed E-state index contributed by atoms with van der Waals surface area (Å²) in [5, 5.41) is 2.94. The van der Waals surface area contributed by atoms with E-state index in [1.54, 1.807) is 0 Å². The number of aryl methyl sites for hydroxylation is 2. The van der Waals surface area contributed by atoms with E-state index in [1.165, 1.54) is 7.11 Å². The third kappa shape index (κ3) is 4.34. The van der Waals surface area contributed by atoms with Crippen LogP contribution < -0.4 is 10.1 Å². The van der Waals surface area contributed by atoms with E-state index in [9.17, 15) is 4.79 Å². The standard InChI is InChI=1S/C22H27N3O3/c1-15-8-7-9-16(2)21(15)28-13-12-25-19-11-6-5-10-18(19)24-22(25)17(3)23-20(26)14-27-4/h5-11,17H,12-14H2,1-4H3,(H,23,26). The topological polar surface area (TPSA) is 65.4 Å². The number of ether oxygens (including phenoxy) is 2. The van der Waals surface area contributed by atoms with Crippen LogP contribution in [0.4, 0.5) is 0 Å². The lowest BCUT2D eigenvalue weighted by atomic mass is 10.1. The zero-order valence-electron chi connectivity index (χ0n) is 16.9. The van der Waals surface area contributed by atoms with Crippen molar-refractivity contribution in [1.82, 2.24) is 14.9 Å². The highest BCUT2D eigenvalue weighted by Gasteiger charge is 2.18. The third-order valence-corrected chi connectivity index (χ3v) is 4.69. The molecule has 28 heavy (non-hydrogen) atoms. The van der Waals surface area contributed by atoms with Crippen LogP contribution >= 0.6 is 0 Å². The van der Waals surface area contributed by atoms with Crippen molar-refractivity contribution < 1.29 is 14.3 Å². The van der Waals surface area contributed by atoms with E-state index in [0.29, 0.717) is 13.2 Å². The number of nitrogens with one attached hydrogen (secondary N) is 1. The van der Waals surface area contributed by atoms with E-state index in [0.717, 1.165) is 33.7 Å². The summed E-state index contributed by atoms with van der Waals surface area (Å²) in [6.07, 6.45) is 0. The summed E-state index contributed by atoms with van der Waals surface area (Å²) in [6.45, 7) is 7.20. The number of fused-ring (bicyclic) bond motifs is 1. The van der Waals surface area contributed by atoms with Crippen molar-refractivity contribution >= 4 is 16.9 Å². The minimum Gasteiger partial charge on any atom is -0.491 e. The van der Waals surface area contributed by atoms with Gasteiger partial charge in [-0.1, -0.05) is 30.3 Å². The van der Waals surface area contributed by atoms with Gasteiger partial charge in [-0.2, -0.15) is 0 Å². The summed E-state index contributed by atoms with van der Waals surface area (Å²) in [5.74, 6) is 1.56. The maximum absolute atomic E-state index is 11.9. The van der Waals surface area contributed by atoms with Gasteiger partial charge in [-0.05, 0) is 44.0 Å². The Balaban J connectivity index is 1.81. The van der Waals surface area contributed by atoms with Crippen molar-refractivity contribution in [1.29, 1.82) is 0 Å². The van der Waals surface area contributed by atoms with E-state index < -0.39 is 0 Å². The molecule has 3 aromatic rings. The lowest BCUT2D eigenvalue weighted by Gasteiger charge is -2.17. The molecule has 0 radical (unpaired) electrons. The van der Waals surface area contributed by atoms with E-state index >= 15 is 0 Å². The molecule has 6 heteroatoms. The van der Waals surface area contributed by atoms with Crippen molar-refractivity contribution in [3.63, 3.8) is 0 Å². The summed E-state index contributed by atoms with van der Waals surface area (Å²) >= 11 is 0. The van der Waals surface area contributed by atoms with Gasteiger partial charge in [0.1, 0.15) is 24.8 Å². The number of hydrogen-bond donors (Lipinski definition) is 1. The molecule has 148 valence electrons. The van der Waals surface area contributed by atoms with Crippen LogP contribution in [0.15, 0.2) is 42.5 Å². The molecule has 0 aliphatic heterocycles. The first-order valence-corrected chi connectivity index (χ1v) is 9.43. The number of carbonyl (C=O) groups is 1. The number of carbonyl (C=O) groups excluding carboxylic acids is 1. The molecule has 0 aliphatic rings. The van der Waals surface area contributed by atoms with Crippen molar-refractivity contribution in [2.45, 2.75) is 33.4 Å². The van der Waals surface area contributed by atoms with E-state index in [4.69, 9.17) is 14.5 Å². The first kappa shape index (κ1) is 19.9. The number of imidazole rings is 1. The van der Waals surface area contributed by atoms with E-state index in [-0.39, 0.29) is 18.6 Å². The minimum absolute atomic E-state index is 0.0280. The van der Waals surface area contributed by atoms with Crippen molar-refractivity contribution in [2.75, 3.05) is 20.3 Å². The molecule has 1 heterocycles. The highest BCUT2D eigenvalue weighted by Crippen LogP contribution is 2.24. The average molecular weight is 381 g/mol. The molecule has 1 N–H and O–H groups in total. The Morgan fingerprint density at radius 2 is 1.86 bits per heavy atom. The van der Waals surface area contributed by atoms with Crippen LogP contribution in [0.25, 0.3) is 11.0 Å². The molecule has 0 spiro atoms. The average Bonchev–Trinajstić information content (AvgIpc) is 3.03. The number of rotatable bonds is 8. The summed E-state index contributed by atoms with van der Waals surface area (Å²) in [4.78, 5) is 16.7. The van der Waals surface area contributed by atoms with Crippen molar-refractivity contribution in [3.05, 3.63) is 59.4 Å². The Morgan fingerprint density at radius 3 is 2.57 bits per heavy atom. The van der Waals surface area contributed by atoms with Crippen LogP contribution in [-0.2, 0) is 16.1 Å². The molecule has 6 nitrogen and oxygen atoms in total. The second kappa shape index (κ2) is 8.89. The van der Waals surface area contributed by atoms with Crippen molar-refractivity contribution in [3.8, 4) is 5.75 Å². The maximum Gasteiger partial charge on any atom is 0.246 e. The van der Waals surface area contributed by atoms with Crippen LogP contribution in [0.3, 0.4) is 0 Å². The molecule has 3 rings (SSSR count). The number of amides is 1. The maximum atomic E-state index is 11.9. The van der Waals surface area contributed by atoms with Crippen LogP contribution in [0.1, 0.15) is 29.9 Å². The molecule has 0 saturated heterocycles. The fourth-order valence-corrected chi connectivity index (χ4v) is 3.40. The normalized spacial score (nSPS) is 12.1. The highest BCUT2D eigenvalue weighted by atomic mass is 16.5. The summed E-state index contributed by atoms with van der Waals surface area (Å²) in [5.41, 5.74) is 4.17. The molecule has 1 unspecified atom stereocenters. The number of nitrogens with zero attached hydrogens (tertiary/aromatic N) is 2. The van der Waals surface area contributed by atoms with Crippen molar-refractivity contribution in [2.24, 2.45) is 0 Å². The number of hydrogen-bond acceptors (Lipinski definition) is 4. The predicted molar refractivity (Wildman–Crippen MR) is 110 cm³/mol. The molecule has 1 atom stereocenters. The second-order valence-electron chi connectivity index (χ2n) is 6.90. The first-order chi connectivity index (χ1) is 13.5. The Kier molecular flexibility index (Phi) is 6.31. The van der Waals surface area contributed by atoms with Gasteiger partial charge < -0.3 is 19.4 Å². The highest BCUT2D eigenvalue weighted by molar-refractivity contribution is 5.78. The SMILES string of the molecule is COCC(=O)NC(C)c1nc2ccccc2n1CCOc1c(C)cccc1C. The Hall–Kier alpha value is -2.86. The van der Waals surface area contributed by atoms with Gasteiger partial charge in [0.15, 0.2) is 0 Å². The van der Waals surface area contributed by atoms with Gasteiger partial charge in [-0.15, -0.1) is 0 Å². The molecule has 2 aromatic carbocycles. The van der Waals surface area contributed by atoms with Crippen LogP contribution in [-0.4, -0.2) is 35.8 Å². The van der Waals surface area contributed by atoms with Crippen LogP contribution in [0.2, 0.25) is 0 Å². The zero-order chi connectivity index (χ0) is 20.1. The van der Waals surface area contributed by atoms with Gasteiger partial charge in [0.25, 0.3) is 0 Å². The molecular formula is C22H27N3O3. The largest absolute Gasteiger partial charge is 0.491 e. The predicted octanol–water partition coefficient (Wildman–Crippen LogP) is 3.56. The van der Waals surface area contributed by atoms with Gasteiger partial charge in [-0.3, -0.25) is 4.79 Å². The molecule has 1 amide bonds. The molecule has 0 saturated carbocycles. The smallest absolute Gasteiger partial charge is 0.246 e. The molecule has 0 fully saturated rings. The number of methoxy groups -OCH3 is 1. The number of benzene rings is 2.